The molecular weight excluding hydrogens is 228 g/mol. The highest BCUT2D eigenvalue weighted by Gasteiger charge is 2.24. The van der Waals surface area contributed by atoms with Crippen molar-refractivity contribution in [3.63, 3.8) is 0 Å². The normalized spacial score (nSPS) is 14.4. The fourth-order valence-electron chi connectivity index (χ4n) is 2.03. The van der Waals surface area contributed by atoms with E-state index in [0.717, 1.165) is 12.0 Å². The Morgan fingerprint density at radius 3 is 2.44 bits per heavy atom. The Bertz CT molecular complexity index is 405. The summed E-state index contributed by atoms with van der Waals surface area (Å²) in [6.45, 7) is 5.89. The lowest BCUT2D eigenvalue weighted by Gasteiger charge is -2.26. The van der Waals surface area contributed by atoms with E-state index in [1.165, 1.54) is 0 Å². The number of primary amides is 1. The molecule has 18 heavy (non-hydrogen) atoms. The molecule has 0 aliphatic rings. The zero-order chi connectivity index (χ0) is 13.7. The van der Waals surface area contributed by atoms with Gasteiger partial charge in [0, 0.05) is 11.6 Å². The Hall–Kier alpha value is -1.55. The molecule has 0 saturated carbocycles. The van der Waals surface area contributed by atoms with Crippen LogP contribution in [0.25, 0.3) is 0 Å². The SMILES string of the molecule is CCC(NC(C(N)=O)C(C)C)c1ccccc1O. The first kappa shape index (κ1) is 14.5. The monoisotopic (exact) mass is 250 g/mol. The van der Waals surface area contributed by atoms with Crippen molar-refractivity contribution in [2.24, 2.45) is 11.7 Å². The topological polar surface area (TPSA) is 75.3 Å². The number of nitrogens with one attached hydrogen (secondary N) is 1. The maximum absolute atomic E-state index is 11.4. The number of rotatable bonds is 6. The van der Waals surface area contributed by atoms with Crippen molar-refractivity contribution in [2.45, 2.75) is 39.3 Å². The number of benzene rings is 1. The fourth-order valence-corrected chi connectivity index (χ4v) is 2.03. The molecule has 0 aromatic heterocycles. The molecule has 0 bridgehead atoms. The molecule has 1 aromatic carbocycles. The quantitative estimate of drug-likeness (QED) is 0.722. The van der Waals surface area contributed by atoms with E-state index in [9.17, 15) is 9.90 Å². The first-order chi connectivity index (χ1) is 8.47. The third kappa shape index (κ3) is 3.47. The summed E-state index contributed by atoms with van der Waals surface area (Å²) in [5, 5.41) is 13.1. The average molecular weight is 250 g/mol. The molecule has 0 aliphatic heterocycles. The predicted molar refractivity (Wildman–Crippen MR) is 72.1 cm³/mol. The third-order valence-electron chi connectivity index (χ3n) is 3.07. The molecule has 4 N–H and O–H groups in total. The number of phenolic OH excluding ortho intramolecular Hbond substituents is 1. The molecule has 2 atom stereocenters. The van der Waals surface area contributed by atoms with Gasteiger partial charge in [-0.05, 0) is 18.4 Å². The van der Waals surface area contributed by atoms with Crippen LogP contribution in [0.4, 0.5) is 0 Å². The molecule has 0 radical (unpaired) electrons. The molecular formula is C14H22N2O2. The van der Waals surface area contributed by atoms with E-state index in [4.69, 9.17) is 5.73 Å². The van der Waals surface area contributed by atoms with Crippen molar-refractivity contribution < 1.29 is 9.90 Å². The van der Waals surface area contributed by atoms with Crippen LogP contribution in [-0.2, 0) is 4.79 Å². The first-order valence-corrected chi connectivity index (χ1v) is 6.30. The summed E-state index contributed by atoms with van der Waals surface area (Å²) in [6.07, 6.45) is 0.772. The van der Waals surface area contributed by atoms with Crippen LogP contribution in [0.5, 0.6) is 5.75 Å². The molecule has 100 valence electrons. The fraction of sp³-hybridized carbons (Fsp3) is 0.500. The Morgan fingerprint density at radius 2 is 2.00 bits per heavy atom. The largest absolute Gasteiger partial charge is 0.508 e. The van der Waals surface area contributed by atoms with Gasteiger partial charge in [-0.3, -0.25) is 10.1 Å². The molecule has 1 rings (SSSR count). The average Bonchev–Trinajstić information content (AvgIpc) is 2.31. The van der Waals surface area contributed by atoms with Gasteiger partial charge in [-0.25, -0.2) is 0 Å². The predicted octanol–water partition coefficient (Wildman–Crippen LogP) is 1.94. The van der Waals surface area contributed by atoms with Gasteiger partial charge in [-0.2, -0.15) is 0 Å². The van der Waals surface area contributed by atoms with E-state index in [1.807, 2.05) is 32.9 Å². The highest BCUT2D eigenvalue weighted by molar-refractivity contribution is 5.80. The van der Waals surface area contributed by atoms with Gasteiger partial charge in [0.25, 0.3) is 0 Å². The van der Waals surface area contributed by atoms with Gasteiger partial charge < -0.3 is 10.8 Å². The summed E-state index contributed by atoms with van der Waals surface area (Å²) in [6, 6.07) is 6.68. The molecule has 1 amide bonds. The van der Waals surface area contributed by atoms with Crippen LogP contribution in [0.2, 0.25) is 0 Å². The minimum Gasteiger partial charge on any atom is -0.508 e. The van der Waals surface area contributed by atoms with Crippen LogP contribution in [0.3, 0.4) is 0 Å². The van der Waals surface area contributed by atoms with Crippen LogP contribution >= 0.6 is 0 Å². The van der Waals surface area contributed by atoms with Crippen molar-refractivity contribution in [1.82, 2.24) is 5.32 Å². The lowest BCUT2D eigenvalue weighted by atomic mass is 9.98. The standard InChI is InChI=1S/C14H22N2O2/c1-4-11(10-7-5-6-8-12(10)17)16-13(9(2)3)14(15)18/h5-9,11,13,16-17H,4H2,1-3H3,(H2,15,18). The van der Waals surface area contributed by atoms with Gasteiger partial charge >= 0.3 is 0 Å². The number of hydrogen-bond acceptors (Lipinski definition) is 3. The van der Waals surface area contributed by atoms with Crippen molar-refractivity contribution in [2.75, 3.05) is 0 Å². The lowest BCUT2D eigenvalue weighted by Crippen LogP contribution is -2.46. The molecule has 0 saturated heterocycles. The van der Waals surface area contributed by atoms with E-state index in [1.54, 1.807) is 12.1 Å². The number of nitrogens with two attached hydrogens (primary N) is 1. The second-order valence-electron chi connectivity index (χ2n) is 4.81. The van der Waals surface area contributed by atoms with Crippen LogP contribution in [0.1, 0.15) is 38.8 Å². The number of para-hydroxylation sites is 1. The van der Waals surface area contributed by atoms with E-state index in [-0.39, 0.29) is 23.6 Å². The van der Waals surface area contributed by atoms with Crippen molar-refractivity contribution in [3.05, 3.63) is 29.8 Å². The summed E-state index contributed by atoms with van der Waals surface area (Å²) in [4.78, 5) is 11.4. The van der Waals surface area contributed by atoms with Gasteiger partial charge in [0.1, 0.15) is 5.75 Å². The summed E-state index contributed by atoms with van der Waals surface area (Å²) >= 11 is 0. The Kier molecular flexibility index (Phi) is 5.16. The maximum atomic E-state index is 11.4. The molecule has 4 heteroatoms. The van der Waals surface area contributed by atoms with Gasteiger partial charge in [0.15, 0.2) is 0 Å². The van der Waals surface area contributed by atoms with Gasteiger partial charge in [0.05, 0.1) is 6.04 Å². The van der Waals surface area contributed by atoms with Gasteiger partial charge in [0.2, 0.25) is 5.91 Å². The zero-order valence-electron chi connectivity index (χ0n) is 11.2. The van der Waals surface area contributed by atoms with Crippen molar-refractivity contribution >= 4 is 5.91 Å². The Balaban J connectivity index is 2.91. The molecule has 0 heterocycles. The minimum atomic E-state index is -0.394. The number of carbonyl (C=O) groups is 1. The molecule has 4 nitrogen and oxygen atoms in total. The summed E-state index contributed by atoms with van der Waals surface area (Å²) in [7, 11) is 0. The second-order valence-corrected chi connectivity index (χ2v) is 4.81. The lowest BCUT2D eigenvalue weighted by molar-refractivity contribution is -0.121. The van der Waals surface area contributed by atoms with Crippen LogP contribution < -0.4 is 11.1 Å². The summed E-state index contributed by atoms with van der Waals surface area (Å²) < 4.78 is 0. The Morgan fingerprint density at radius 1 is 1.39 bits per heavy atom. The second kappa shape index (κ2) is 6.40. The number of phenols is 1. The maximum Gasteiger partial charge on any atom is 0.234 e. The minimum absolute atomic E-state index is 0.0777. The van der Waals surface area contributed by atoms with Crippen molar-refractivity contribution in [3.8, 4) is 5.75 Å². The molecule has 0 fully saturated rings. The van der Waals surface area contributed by atoms with Crippen LogP contribution in [-0.4, -0.2) is 17.1 Å². The van der Waals surface area contributed by atoms with Crippen LogP contribution in [0.15, 0.2) is 24.3 Å². The van der Waals surface area contributed by atoms with E-state index < -0.39 is 6.04 Å². The van der Waals surface area contributed by atoms with Crippen LogP contribution in [0, 0.1) is 5.92 Å². The van der Waals surface area contributed by atoms with Crippen molar-refractivity contribution in [1.29, 1.82) is 0 Å². The van der Waals surface area contributed by atoms with Gasteiger partial charge in [-0.15, -0.1) is 0 Å². The summed E-state index contributed by atoms with van der Waals surface area (Å²) in [5.74, 6) is -0.00916. The zero-order valence-corrected chi connectivity index (χ0v) is 11.2. The number of aromatic hydroxyl groups is 1. The third-order valence-corrected chi connectivity index (χ3v) is 3.07. The highest BCUT2D eigenvalue weighted by atomic mass is 16.3. The molecule has 2 unspecified atom stereocenters. The van der Waals surface area contributed by atoms with Gasteiger partial charge in [-0.1, -0.05) is 39.0 Å². The van der Waals surface area contributed by atoms with E-state index >= 15 is 0 Å². The summed E-state index contributed by atoms with van der Waals surface area (Å²) in [5.41, 5.74) is 6.19. The number of amides is 1. The smallest absolute Gasteiger partial charge is 0.234 e. The molecule has 1 aromatic rings. The van der Waals surface area contributed by atoms with E-state index in [0.29, 0.717) is 0 Å². The number of hydrogen-bond donors (Lipinski definition) is 3. The highest BCUT2D eigenvalue weighted by Crippen LogP contribution is 2.26. The number of carbonyl (C=O) groups excluding carboxylic acids is 1. The van der Waals surface area contributed by atoms with E-state index in [2.05, 4.69) is 5.32 Å². The Labute approximate surface area is 108 Å². The molecule has 0 aliphatic carbocycles. The first-order valence-electron chi connectivity index (χ1n) is 6.30. The molecule has 0 spiro atoms.